The van der Waals surface area contributed by atoms with Crippen molar-refractivity contribution in [3.05, 3.63) is 41.2 Å². The van der Waals surface area contributed by atoms with Crippen molar-refractivity contribution in [1.29, 1.82) is 0 Å². The molecule has 0 bridgehead atoms. The van der Waals surface area contributed by atoms with Gasteiger partial charge in [-0.3, -0.25) is 0 Å². The normalized spacial score (nSPS) is 10.5. The lowest BCUT2D eigenvalue weighted by molar-refractivity contribution is 0.0515. The molecule has 2 rings (SSSR count). The average molecular weight is 290 g/mol. The molecule has 0 amide bonds. The maximum absolute atomic E-state index is 12.0. The average Bonchev–Trinajstić information content (AvgIpc) is 2.88. The number of carbonyl (C=O) groups is 1. The van der Waals surface area contributed by atoms with Crippen LogP contribution in [0.5, 0.6) is 5.75 Å². The zero-order chi connectivity index (χ0) is 15.4. The van der Waals surface area contributed by atoms with E-state index >= 15 is 0 Å². The molecular formula is C15H18N2O4. The van der Waals surface area contributed by atoms with E-state index in [9.17, 15) is 9.90 Å². The maximum atomic E-state index is 12.0. The van der Waals surface area contributed by atoms with Gasteiger partial charge in [0.2, 0.25) is 0 Å². The summed E-state index contributed by atoms with van der Waals surface area (Å²) in [4.78, 5) is 12.0. The van der Waals surface area contributed by atoms with Gasteiger partial charge in [0.15, 0.2) is 5.69 Å². The molecule has 0 saturated carbocycles. The van der Waals surface area contributed by atoms with Crippen LogP contribution in [0.15, 0.2) is 24.3 Å². The highest BCUT2D eigenvalue weighted by molar-refractivity contribution is 5.88. The summed E-state index contributed by atoms with van der Waals surface area (Å²) in [7, 11) is 1.55. The Labute approximate surface area is 122 Å². The van der Waals surface area contributed by atoms with Gasteiger partial charge in [0.25, 0.3) is 0 Å². The summed E-state index contributed by atoms with van der Waals surface area (Å²) in [6.45, 7) is 3.64. The van der Waals surface area contributed by atoms with E-state index in [1.807, 2.05) is 0 Å². The van der Waals surface area contributed by atoms with E-state index in [1.165, 1.54) is 4.68 Å². The number of esters is 1. The van der Waals surface area contributed by atoms with E-state index in [4.69, 9.17) is 9.47 Å². The summed E-state index contributed by atoms with van der Waals surface area (Å²) in [5, 5.41) is 13.8. The molecule has 0 saturated heterocycles. The Balaban J connectivity index is 2.54. The number of rotatable bonds is 5. The summed E-state index contributed by atoms with van der Waals surface area (Å²) in [6.07, 6.45) is 0. The number of carbonyl (C=O) groups excluding carboxylic acids is 1. The highest BCUT2D eigenvalue weighted by atomic mass is 16.5. The molecule has 0 aliphatic rings. The Kier molecular flexibility index (Phi) is 4.59. The molecule has 0 spiro atoms. The number of ether oxygens (including phenoxy) is 2. The first kappa shape index (κ1) is 15.1. The molecule has 0 aliphatic carbocycles. The SMILES string of the molecule is CCOC(=O)c1cc(C)nn1-c1ccc(OC)cc1CO. The fraction of sp³-hybridized carbons (Fsp3) is 0.333. The van der Waals surface area contributed by atoms with E-state index in [0.717, 1.165) is 0 Å². The van der Waals surface area contributed by atoms with Gasteiger partial charge in [-0.05, 0) is 38.1 Å². The molecule has 0 aliphatic heterocycles. The van der Waals surface area contributed by atoms with Crippen LogP contribution in [0, 0.1) is 6.92 Å². The molecule has 1 N–H and O–H groups in total. The van der Waals surface area contributed by atoms with Crippen molar-refractivity contribution in [2.45, 2.75) is 20.5 Å². The second kappa shape index (κ2) is 6.41. The topological polar surface area (TPSA) is 73.6 Å². The van der Waals surface area contributed by atoms with Crippen LogP contribution in [0.3, 0.4) is 0 Å². The Morgan fingerprint density at radius 3 is 2.76 bits per heavy atom. The number of hydrogen-bond donors (Lipinski definition) is 1. The number of aliphatic hydroxyl groups excluding tert-OH is 1. The molecule has 1 heterocycles. The molecule has 112 valence electrons. The van der Waals surface area contributed by atoms with Gasteiger partial charge in [-0.2, -0.15) is 5.10 Å². The zero-order valence-electron chi connectivity index (χ0n) is 12.3. The predicted molar refractivity (Wildman–Crippen MR) is 76.7 cm³/mol. The highest BCUT2D eigenvalue weighted by Gasteiger charge is 2.18. The van der Waals surface area contributed by atoms with Gasteiger partial charge in [-0.1, -0.05) is 0 Å². The van der Waals surface area contributed by atoms with Gasteiger partial charge in [0.1, 0.15) is 5.75 Å². The van der Waals surface area contributed by atoms with E-state index in [2.05, 4.69) is 5.10 Å². The molecule has 0 atom stereocenters. The van der Waals surface area contributed by atoms with Crippen molar-refractivity contribution in [1.82, 2.24) is 9.78 Å². The minimum absolute atomic E-state index is 0.187. The van der Waals surface area contributed by atoms with E-state index in [0.29, 0.717) is 35.0 Å². The Hall–Kier alpha value is -2.34. The van der Waals surface area contributed by atoms with Crippen molar-refractivity contribution < 1.29 is 19.4 Å². The van der Waals surface area contributed by atoms with Crippen molar-refractivity contribution in [3.63, 3.8) is 0 Å². The van der Waals surface area contributed by atoms with Gasteiger partial charge < -0.3 is 14.6 Å². The Bertz CT molecular complexity index is 649. The smallest absolute Gasteiger partial charge is 0.357 e. The molecule has 1 aromatic heterocycles. The van der Waals surface area contributed by atoms with Gasteiger partial charge in [-0.25, -0.2) is 9.48 Å². The third-order valence-electron chi connectivity index (χ3n) is 3.00. The van der Waals surface area contributed by atoms with Gasteiger partial charge >= 0.3 is 5.97 Å². The largest absolute Gasteiger partial charge is 0.497 e. The second-order valence-corrected chi connectivity index (χ2v) is 4.46. The van der Waals surface area contributed by atoms with Gasteiger partial charge in [0.05, 0.1) is 31.7 Å². The summed E-state index contributed by atoms with van der Waals surface area (Å²) in [6, 6.07) is 6.87. The lowest BCUT2D eigenvalue weighted by Gasteiger charge is -2.12. The first-order valence-corrected chi connectivity index (χ1v) is 6.62. The minimum atomic E-state index is -0.446. The quantitative estimate of drug-likeness (QED) is 0.851. The Morgan fingerprint density at radius 1 is 1.38 bits per heavy atom. The van der Waals surface area contributed by atoms with Crippen LogP contribution in [0.1, 0.15) is 28.7 Å². The number of aryl methyl sites for hydroxylation is 1. The summed E-state index contributed by atoms with van der Waals surface area (Å²) in [5.41, 5.74) is 2.25. The van der Waals surface area contributed by atoms with Crippen molar-refractivity contribution in [2.75, 3.05) is 13.7 Å². The monoisotopic (exact) mass is 290 g/mol. The minimum Gasteiger partial charge on any atom is -0.497 e. The lowest BCUT2D eigenvalue weighted by Crippen LogP contribution is -2.13. The number of hydrogen-bond acceptors (Lipinski definition) is 5. The van der Waals surface area contributed by atoms with Gasteiger partial charge in [-0.15, -0.1) is 0 Å². The number of aromatic nitrogens is 2. The first-order chi connectivity index (χ1) is 10.1. The molecule has 1 aromatic carbocycles. The fourth-order valence-corrected chi connectivity index (χ4v) is 2.06. The van der Waals surface area contributed by atoms with Crippen LogP contribution in [-0.2, 0) is 11.3 Å². The predicted octanol–water partition coefficient (Wildman–Crippen LogP) is 1.86. The third kappa shape index (κ3) is 3.05. The summed E-state index contributed by atoms with van der Waals surface area (Å²) in [5.74, 6) is 0.183. The van der Waals surface area contributed by atoms with Crippen LogP contribution in [0.4, 0.5) is 0 Å². The maximum Gasteiger partial charge on any atom is 0.357 e. The first-order valence-electron chi connectivity index (χ1n) is 6.62. The van der Waals surface area contributed by atoms with Gasteiger partial charge in [0, 0.05) is 5.56 Å². The van der Waals surface area contributed by atoms with E-state index in [1.54, 1.807) is 45.2 Å². The fourth-order valence-electron chi connectivity index (χ4n) is 2.06. The second-order valence-electron chi connectivity index (χ2n) is 4.46. The lowest BCUT2D eigenvalue weighted by atomic mass is 10.1. The highest BCUT2D eigenvalue weighted by Crippen LogP contribution is 2.23. The van der Waals surface area contributed by atoms with Crippen LogP contribution >= 0.6 is 0 Å². The van der Waals surface area contributed by atoms with Crippen LogP contribution < -0.4 is 4.74 Å². The van der Waals surface area contributed by atoms with Crippen LogP contribution in [0.25, 0.3) is 5.69 Å². The molecule has 0 unspecified atom stereocenters. The number of methoxy groups -OCH3 is 1. The van der Waals surface area contributed by atoms with Crippen LogP contribution in [-0.4, -0.2) is 34.6 Å². The zero-order valence-corrected chi connectivity index (χ0v) is 12.3. The molecule has 0 fully saturated rings. The molecular weight excluding hydrogens is 272 g/mol. The number of benzene rings is 1. The van der Waals surface area contributed by atoms with Crippen LogP contribution in [0.2, 0.25) is 0 Å². The van der Waals surface area contributed by atoms with E-state index < -0.39 is 5.97 Å². The molecule has 21 heavy (non-hydrogen) atoms. The summed E-state index contributed by atoms with van der Waals surface area (Å²) < 4.78 is 11.7. The Morgan fingerprint density at radius 2 is 2.14 bits per heavy atom. The van der Waals surface area contributed by atoms with Crippen molar-refractivity contribution in [2.24, 2.45) is 0 Å². The molecule has 2 aromatic rings. The molecule has 0 radical (unpaired) electrons. The van der Waals surface area contributed by atoms with E-state index in [-0.39, 0.29) is 6.61 Å². The number of nitrogens with zero attached hydrogens (tertiary/aromatic N) is 2. The molecule has 6 heteroatoms. The third-order valence-corrected chi connectivity index (χ3v) is 3.00. The number of aliphatic hydroxyl groups is 1. The van der Waals surface area contributed by atoms with Crippen molar-refractivity contribution >= 4 is 5.97 Å². The van der Waals surface area contributed by atoms with Crippen molar-refractivity contribution in [3.8, 4) is 11.4 Å². The molecule has 6 nitrogen and oxygen atoms in total. The summed E-state index contributed by atoms with van der Waals surface area (Å²) >= 11 is 0. The standard InChI is InChI=1S/C15H18N2O4/c1-4-21-15(19)14-7-10(2)16-17(14)13-6-5-12(20-3)8-11(13)9-18/h5-8,18H,4,9H2,1-3H3.